The van der Waals surface area contributed by atoms with Crippen LogP contribution in [-0.2, 0) is 11.2 Å². The summed E-state index contributed by atoms with van der Waals surface area (Å²) < 4.78 is 7.50. The zero-order valence-corrected chi connectivity index (χ0v) is 20.6. The smallest absolute Gasteiger partial charge is 0.234 e. The number of nitrogens with zero attached hydrogens (tertiary/aromatic N) is 3. The molecule has 0 aliphatic carbocycles. The van der Waals surface area contributed by atoms with Crippen LogP contribution in [0.25, 0.3) is 17.1 Å². The van der Waals surface area contributed by atoms with E-state index >= 15 is 0 Å². The summed E-state index contributed by atoms with van der Waals surface area (Å²) >= 11 is 7.55. The van der Waals surface area contributed by atoms with Crippen molar-refractivity contribution in [2.24, 2.45) is 0 Å². The van der Waals surface area contributed by atoms with Gasteiger partial charge in [-0.1, -0.05) is 54.6 Å². The molecule has 0 spiro atoms. The second-order valence-corrected chi connectivity index (χ2v) is 8.85. The molecular weight excluding hydrogens is 468 g/mol. The van der Waals surface area contributed by atoms with Crippen LogP contribution in [0, 0.1) is 0 Å². The number of benzene rings is 3. The highest BCUT2D eigenvalue weighted by atomic mass is 35.5. The van der Waals surface area contributed by atoms with Gasteiger partial charge in [0.25, 0.3) is 0 Å². The lowest BCUT2D eigenvalue weighted by Crippen LogP contribution is -2.14. The van der Waals surface area contributed by atoms with Crippen molar-refractivity contribution in [3.8, 4) is 22.8 Å². The van der Waals surface area contributed by atoms with Gasteiger partial charge in [-0.15, -0.1) is 10.2 Å². The van der Waals surface area contributed by atoms with Gasteiger partial charge in [0, 0.05) is 22.0 Å². The molecule has 4 rings (SSSR count). The number of aryl methyl sites for hydroxylation is 1. The van der Waals surface area contributed by atoms with Crippen LogP contribution >= 0.6 is 23.4 Å². The number of halogens is 1. The van der Waals surface area contributed by atoms with Crippen LogP contribution in [0.2, 0.25) is 5.02 Å². The van der Waals surface area contributed by atoms with E-state index in [2.05, 4.69) is 22.4 Å². The maximum atomic E-state index is 12.6. The maximum Gasteiger partial charge on any atom is 0.234 e. The zero-order chi connectivity index (χ0) is 23.9. The molecule has 0 saturated carbocycles. The van der Waals surface area contributed by atoms with Crippen molar-refractivity contribution < 1.29 is 9.53 Å². The number of hydrogen-bond donors (Lipinski definition) is 1. The van der Waals surface area contributed by atoms with E-state index in [1.807, 2.05) is 84.3 Å². The van der Waals surface area contributed by atoms with Crippen molar-refractivity contribution in [1.29, 1.82) is 0 Å². The summed E-state index contributed by atoms with van der Waals surface area (Å²) in [5, 5.41) is 13.0. The van der Waals surface area contributed by atoms with Gasteiger partial charge in [0.15, 0.2) is 11.0 Å². The highest BCUT2D eigenvalue weighted by Crippen LogP contribution is 2.30. The Labute approximate surface area is 208 Å². The van der Waals surface area contributed by atoms with Gasteiger partial charge in [0.1, 0.15) is 5.75 Å². The summed E-state index contributed by atoms with van der Waals surface area (Å²) in [5.41, 5.74) is 3.70. The zero-order valence-electron chi connectivity index (χ0n) is 19.0. The molecule has 1 amide bonds. The van der Waals surface area contributed by atoms with E-state index in [1.54, 1.807) is 0 Å². The first kappa shape index (κ1) is 23.9. The third kappa shape index (κ3) is 5.79. The molecule has 0 radical (unpaired) electrons. The van der Waals surface area contributed by atoms with Crippen molar-refractivity contribution in [2.45, 2.75) is 25.4 Å². The summed E-state index contributed by atoms with van der Waals surface area (Å²) in [6.45, 7) is 4.64. The summed E-state index contributed by atoms with van der Waals surface area (Å²) in [6, 6.07) is 23.0. The Morgan fingerprint density at radius 1 is 1.03 bits per heavy atom. The largest absolute Gasteiger partial charge is 0.494 e. The van der Waals surface area contributed by atoms with Gasteiger partial charge in [0.05, 0.1) is 12.4 Å². The topological polar surface area (TPSA) is 69.0 Å². The van der Waals surface area contributed by atoms with Crippen molar-refractivity contribution in [3.05, 3.63) is 83.4 Å². The predicted molar refractivity (Wildman–Crippen MR) is 138 cm³/mol. The monoisotopic (exact) mass is 492 g/mol. The number of carbonyl (C=O) groups excluding carboxylic acids is 1. The molecule has 174 valence electrons. The fraction of sp³-hybridized carbons (Fsp3) is 0.192. The van der Waals surface area contributed by atoms with E-state index in [9.17, 15) is 4.79 Å². The molecular formula is C26H25ClN4O2S. The molecule has 6 nitrogen and oxygen atoms in total. The number of hydrogen-bond acceptors (Lipinski definition) is 5. The fourth-order valence-electron chi connectivity index (χ4n) is 3.42. The minimum absolute atomic E-state index is 0.111. The van der Waals surface area contributed by atoms with Crippen molar-refractivity contribution >= 4 is 35.0 Å². The third-order valence-electron chi connectivity index (χ3n) is 5.10. The van der Waals surface area contributed by atoms with E-state index in [4.69, 9.17) is 16.3 Å². The van der Waals surface area contributed by atoms with Crippen LogP contribution in [0.5, 0.6) is 5.75 Å². The second-order valence-electron chi connectivity index (χ2n) is 7.47. The summed E-state index contributed by atoms with van der Waals surface area (Å²) in [5.74, 6) is 1.51. The summed E-state index contributed by atoms with van der Waals surface area (Å²) in [4.78, 5) is 12.6. The minimum Gasteiger partial charge on any atom is -0.494 e. The lowest BCUT2D eigenvalue weighted by atomic mass is 10.1. The van der Waals surface area contributed by atoms with Gasteiger partial charge in [0.2, 0.25) is 5.91 Å². The SMILES string of the molecule is CCOc1ccc(-n2c(SCC(=O)Nc3ccc(CC)cc3)nnc2-c2cccc(Cl)c2)cc1. The molecule has 1 N–H and O–H groups in total. The average Bonchev–Trinajstić information content (AvgIpc) is 3.28. The number of amides is 1. The number of nitrogens with one attached hydrogen (secondary N) is 1. The molecule has 0 aliphatic heterocycles. The molecule has 8 heteroatoms. The first-order valence-electron chi connectivity index (χ1n) is 11.0. The van der Waals surface area contributed by atoms with Crippen molar-refractivity contribution in [2.75, 3.05) is 17.7 Å². The van der Waals surface area contributed by atoms with Crippen LogP contribution in [0.3, 0.4) is 0 Å². The number of anilines is 1. The van der Waals surface area contributed by atoms with Gasteiger partial charge < -0.3 is 10.1 Å². The fourth-order valence-corrected chi connectivity index (χ4v) is 4.36. The van der Waals surface area contributed by atoms with E-state index in [0.29, 0.717) is 22.6 Å². The molecule has 0 fully saturated rings. The number of rotatable bonds is 9. The molecule has 0 bridgehead atoms. The van der Waals surface area contributed by atoms with Gasteiger partial charge in [-0.05, 0) is 67.4 Å². The Morgan fingerprint density at radius 2 is 1.79 bits per heavy atom. The van der Waals surface area contributed by atoms with E-state index < -0.39 is 0 Å². The van der Waals surface area contributed by atoms with Crippen LogP contribution < -0.4 is 10.1 Å². The van der Waals surface area contributed by atoms with E-state index in [-0.39, 0.29) is 11.7 Å². The molecule has 0 unspecified atom stereocenters. The van der Waals surface area contributed by atoms with Gasteiger partial charge >= 0.3 is 0 Å². The van der Waals surface area contributed by atoms with Crippen molar-refractivity contribution in [1.82, 2.24) is 14.8 Å². The molecule has 34 heavy (non-hydrogen) atoms. The Balaban J connectivity index is 1.58. The number of ether oxygens (including phenoxy) is 1. The Morgan fingerprint density at radius 3 is 2.47 bits per heavy atom. The Bertz CT molecular complexity index is 1260. The number of carbonyl (C=O) groups is 1. The first-order chi connectivity index (χ1) is 16.6. The lowest BCUT2D eigenvalue weighted by Gasteiger charge is -2.12. The predicted octanol–water partition coefficient (Wildman–Crippen LogP) is 6.28. The van der Waals surface area contributed by atoms with Gasteiger partial charge in [-0.25, -0.2) is 0 Å². The van der Waals surface area contributed by atoms with Crippen molar-refractivity contribution in [3.63, 3.8) is 0 Å². The number of aromatic nitrogens is 3. The highest BCUT2D eigenvalue weighted by Gasteiger charge is 2.18. The van der Waals surface area contributed by atoms with Crippen LogP contribution in [0.1, 0.15) is 19.4 Å². The van der Waals surface area contributed by atoms with Gasteiger partial charge in [-0.3, -0.25) is 9.36 Å². The van der Waals surface area contributed by atoms with Crippen LogP contribution in [0.15, 0.2) is 78.0 Å². The number of thioether (sulfide) groups is 1. The van der Waals surface area contributed by atoms with E-state index in [0.717, 1.165) is 29.1 Å². The highest BCUT2D eigenvalue weighted by molar-refractivity contribution is 7.99. The molecule has 1 aromatic heterocycles. The molecule has 4 aromatic rings. The quantitative estimate of drug-likeness (QED) is 0.278. The summed E-state index contributed by atoms with van der Waals surface area (Å²) in [6.07, 6.45) is 0.959. The standard InChI is InChI=1S/C26H25ClN4O2S/c1-3-18-8-10-21(11-9-18)28-24(32)17-34-26-30-29-25(19-6-5-7-20(27)16-19)31(26)22-12-14-23(15-13-22)33-4-2/h5-16H,3-4,17H2,1-2H3,(H,28,32). The summed E-state index contributed by atoms with van der Waals surface area (Å²) in [7, 11) is 0. The molecule has 0 atom stereocenters. The van der Waals surface area contributed by atoms with E-state index in [1.165, 1.54) is 17.3 Å². The third-order valence-corrected chi connectivity index (χ3v) is 6.26. The first-order valence-corrected chi connectivity index (χ1v) is 12.4. The molecule has 0 aliphatic rings. The molecule has 1 heterocycles. The Kier molecular flexibility index (Phi) is 7.87. The lowest BCUT2D eigenvalue weighted by molar-refractivity contribution is -0.113. The second kappa shape index (κ2) is 11.2. The molecule has 3 aromatic carbocycles. The van der Waals surface area contributed by atoms with Crippen LogP contribution in [0.4, 0.5) is 5.69 Å². The average molecular weight is 493 g/mol. The minimum atomic E-state index is -0.111. The maximum absolute atomic E-state index is 12.6. The normalized spacial score (nSPS) is 10.8. The molecule has 0 saturated heterocycles. The van der Waals surface area contributed by atoms with Gasteiger partial charge in [-0.2, -0.15) is 0 Å². The Hall–Kier alpha value is -3.29. The van der Waals surface area contributed by atoms with Crippen LogP contribution in [-0.4, -0.2) is 33.0 Å².